The number of nitrogen functional groups attached to an aromatic ring is 1. The third-order valence-electron chi connectivity index (χ3n) is 3.45. The third kappa shape index (κ3) is 2.61. The lowest BCUT2D eigenvalue weighted by Crippen LogP contribution is -2.03. The fraction of sp³-hybridized carbons (Fsp3) is 0.312. The second kappa shape index (κ2) is 5.77. The number of fused-ring (bicyclic) bond motifs is 1. The number of hydrogen-bond donors (Lipinski definition) is 1. The van der Waals surface area contributed by atoms with Crippen LogP contribution in [0.4, 0.5) is 5.95 Å². The van der Waals surface area contributed by atoms with Crippen LogP contribution < -0.4 is 10.5 Å². The van der Waals surface area contributed by atoms with Gasteiger partial charge >= 0.3 is 0 Å². The van der Waals surface area contributed by atoms with Crippen molar-refractivity contribution in [2.75, 3.05) is 12.3 Å². The van der Waals surface area contributed by atoms with E-state index in [0.29, 0.717) is 12.6 Å². The highest BCUT2D eigenvalue weighted by molar-refractivity contribution is 7.11. The molecule has 2 aromatic heterocycles. The SMILES string of the molecule is CCOc1cccc2c1nc(N)n2Cc1ccc(CC)s1. The molecule has 0 atom stereocenters. The predicted octanol–water partition coefficient (Wildman–Crippen LogP) is 3.69. The topological polar surface area (TPSA) is 53.1 Å². The lowest BCUT2D eigenvalue weighted by atomic mass is 10.3. The van der Waals surface area contributed by atoms with Crippen LogP contribution in [-0.2, 0) is 13.0 Å². The molecular formula is C16H19N3OS. The number of imidazole rings is 1. The van der Waals surface area contributed by atoms with Crippen LogP contribution in [0.5, 0.6) is 5.75 Å². The number of hydrogen-bond acceptors (Lipinski definition) is 4. The number of para-hydroxylation sites is 1. The minimum atomic E-state index is 0.531. The molecule has 110 valence electrons. The van der Waals surface area contributed by atoms with Crippen LogP contribution in [0.2, 0.25) is 0 Å². The van der Waals surface area contributed by atoms with E-state index in [1.165, 1.54) is 9.75 Å². The van der Waals surface area contributed by atoms with E-state index in [1.807, 2.05) is 41.0 Å². The highest BCUT2D eigenvalue weighted by atomic mass is 32.1. The van der Waals surface area contributed by atoms with Crippen molar-refractivity contribution in [3.05, 3.63) is 40.1 Å². The molecule has 3 aromatic rings. The molecule has 1 aromatic carbocycles. The molecule has 0 bridgehead atoms. The highest BCUT2D eigenvalue weighted by Gasteiger charge is 2.13. The molecule has 0 saturated carbocycles. The van der Waals surface area contributed by atoms with Crippen molar-refractivity contribution in [3.63, 3.8) is 0 Å². The summed E-state index contributed by atoms with van der Waals surface area (Å²) in [4.78, 5) is 7.16. The first-order valence-electron chi connectivity index (χ1n) is 7.18. The quantitative estimate of drug-likeness (QED) is 0.782. The fourth-order valence-electron chi connectivity index (χ4n) is 2.43. The first-order valence-corrected chi connectivity index (χ1v) is 7.99. The van der Waals surface area contributed by atoms with Gasteiger partial charge in [0.25, 0.3) is 0 Å². The second-order valence-corrected chi connectivity index (χ2v) is 6.09. The molecule has 2 N–H and O–H groups in total. The number of aromatic nitrogens is 2. The molecule has 0 radical (unpaired) electrons. The lowest BCUT2D eigenvalue weighted by Gasteiger charge is -2.06. The number of rotatable bonds is 5. The molecule has 0 aliphatic rings. The maximum atomic E-state index is 6.11. The first-order chi connectivity index (χ1) is 10.2. The van der Waals surface area contributed by atoms with Gasteiger partial charge in [0, 0.05) is 9.75 Å². The zero-order valence-electron chi connectivity index (χ0n) is 12.3. The minimum Gasteiger partial charge on any atom is -0.492 e. The van der Waals surface area contributed by atoms with Crippen molar-refractivity contribution in [2.24, 2.45) is 0 Å². The minimum absolute atomic E-state index is 0.531. The van der Waals surface area contributed by atoms with Gasteiger partial charge in [-0.05, 0) is 37.6 Å². The Hall–Kier alpha value is -2.01. The van der Waals surface area contributed by atoms with E-state index < -0.39 is 0 Å². The van der Waals surface area contributed by atoms with E-state index in [2.05, 4.69) is 24.0 Å². The van der Waals surface area contributed by atoms with Crippen LogP contribution in [0.15, 0.2) is 30.3 Å². The van der Waals surface area contributed by atoms with Gasteiger partial charge in [0.15, 0.2) is 0 Å². The van der Waals surface area contributed by atoms with E-state index in [1.54, 1.807) is 0 Å². The maximum Gasteiger partial charge on any atom is 0.201 e. The normalized spacial score (nSPS) is 11.1. The Morgan fingerprint density at radius 1 is 1.19 bits per heavy atom. The van der Waals surface area contributed by atoms with Crippen molar-refractivity contribution < 1.29 is 4.74 Å². The first kappa shape index (κ1) is 13.9. The van der Waals surface area contributed by atoms with Crippen molar-refractivity contribution in [3.8, 4) is 5.75 Å². The summed E-state index contributed by atoms with van der Waals surface area (Å²) >= 11 is 1.83. The number of anilines is 1. The summed E-state index contributed by atoms with van der Waals surface area (Å²) in [6, 6.07) is 10.3. The van der Waals surface area contributed by atoms with Gasteiger partial charge in [-0.25, -0.2) is 4.98 Å². The summed E-state index contributed by atoms with van der Waals surface area (Å²) in [6.07, 6.45) is 1.07. The fourth-order valence-corrected chi connectivity index (χ4v) is 3.38. The summed E-state index contributed by atoms with van der Waals surface area (Å²) in [5.74, 6) is 1.32. The molecule has 0 aliphatic carbocycles. The molecule has 21 heavy (non-hydrogen) atoms. The van der Waals surface area contributed by atoms with E-state index in [9.17, 15) is 0 Å². The average molecular weight is 301 g/mol. The van der Waals surface area contributed by atoms with Crippen molar-refractivity contribution in [2.45, 2.75) is 26.8 Å². The van der Waals surface area contributed by atoms with E-state index >= 15 is 0 Å². The maximum absolute atomic E-state index is 6.11. The molecule has 0 aliphatic heterocycles. The molecule has 0 amide bonds. The Bertz CT molecular complexity index is 760. The molecule has 0 unspecified atom stereocenters. The Morgan fingerprint density at radius 3 is 2.71 bits per heavy atom. The van der Waals surface area contributed by atoms with Crippen molar-refractivity contribution >= 4 is 28.3 Å². The van der Waals surface area contributed by atoms with Gasteiger partial charge in [-0.15, -0.1) is 11.3 Å². The second-order valence-electron chi connectivity index (χ2n) is 4.83. The number of ether oxygens (including phenoxy) is 1. The molecule has 0 fully saturated rings. The number of aryl methyl sites for hydroxylation is 1. The van der Waals surface area contributed by atoms with Gasteiger partial charge in [-0.3, -0.25) is 0 Å². The van der Waals surface area contributed by atoms with Crippen LogP contribution in [0.3, 0.4) is 0 Å². The van der Waals surface area contributed by atoms with Crippen LogP contribution in [-0.4, -0.2) is 16.2 Å². The monoisotopic (exact) mass is 301 g/mol. The lowest BCUT2D eigenvalue weighted by molar-refractivity contribution is 0.343. The molecular weight excluding hydrogens is 282 g/mol. The van der Waals surface area contributed by atoms with Gasteiger partial charge in [0.1, 0.15) is 11.3 Å². The summed E-state index contributed by atoms with van der Waals surface area (Å²) in [5.41, 5.74) is 7.96. The van der Waals surface area contributed by atoms with Gasteiger partial charge in [-0.1, -0.05) is 13.0 Å². The Labute approximate surface area is 128 Å². The Morgan fingerprint density at radius 2 is 2.00 bits per heavy atom. The molecule has 4 nitrogen and oxygen atoms in total. The van der Waals surface area contributed by atoms with Gasteiger partial charge in [-0.2, -0.15) is 0 Å². The van der Waals surface area contributed by atoms with E-state index in [0.717, 1.165) is 29.7 Å². The predicted molar refractivity (Wildman–Crippen MR) is 88.1 cm³/mol. The zero-order valence-corrected chi connectivity index (χ0v) is 13.1. The smallest absolute Gasteiger partial charge is 0.201 e. The molecule has 0 spiro atoms. The standard InChI is InChI=1S/C16H19N3OS/c1-3-11-8-9-12(21-11)10-19-13-6-5-7-14(20-4-2)15(13)18-16(19)17/h5-9H,3-4,10H2,1-2H3,(H2,17,18). The van der Waals surface area contributed by atoms with Crippen LogP contribution >= 0.6 is 11.3 Å². The number of nitrogens with zero attached hydrogens (tertiary/aromatic N) is 2. The summed E-state index contributed by atoms with van der Waals surface area (Å²) < 4.78 is 7.68. The summed E-state index contributed by atoms with van der Waals surface area (Å²) in [6.45, 7) is 5.52. The number of nitrogens with two attached hydrogens (primary N) is 1. The molecule has 5 heteroatoms. The Balaban J connectivity index is 2.01. The number of thiophene rings is 1. The highest BCUT2D eigenvalue weighted by Crippen LogP contribution is 2.28. The molecule has 3 rings (SSSR count). The van der Waals surface area contributed by atoms with Gasteiger partial charge < -0.3 is 15.0 Å². The van der Waals surface area contributed by atoms with E-state index in [4.69, 9.17) is 10.5 Å². The van der Waals surface area contributed by atoms with Gasteiger partial charge in [0.05, 0.1) is 18.7 Å². The van der Waals surface area contributed by atoms with Crippen molar-refractivity contribution in [1.82, 2.24) is 9.55 Å². The Kier molecular flexibility index (Phi) is 3.84. The van der Waals surface area contributed by atoms with Crippen molar-refractivity contribution in [1.29, 1.82) is 0 Å². The van der Waals surface area contributed by atoms with Gasteiger partial charge in [0.2, 0.25) is 5.95 Å². The number of benzene rings is 1. The third-order valence-corrected chi connectivity index (χ3v) is 4.67. The molecule has 2 heterocycles. The summed E-state index contributed by atoms with van der Waals surface area (Å²) in [5, 5.41) is 0. The van der Waals surface area contributed by atoms with E-state index in [-0.39, 0.29) is 0 Å². The molecule has 0 saturated heterocycles. The van der Waals surface area contributed by atoms with Crippen LogP contribution in [0, 0.1) is 0 Å². The largest absolute Gasteiger partial charge is 0.492 e. The zero-order chi connectivity index (χ0) is 14.8. The van der Waals surface area contributed by atoms with Crippen LogP contribution in [0.25, 0.3) is 11.0 Å². The average Bonchev–Trinajstić information content (AvgIpc) is 3.06. The van der Waals surface area contributed by atoms with Crippen LogP contribution in [0.1, 0.15) is 23.6 Å². The summed E-state index contributed by atoms with van der Waals surface area (Å²) in [7, 11) is 0.